The lowest BCUT2D eigenvalue weighted by Crippen LogP contribution is -2.26. The fourth-order valence-electron chi connectivity index (χ4n) is 20.6. The second kappa shape index (κ2) is 45.3. The molecule has 16 bridgehead atoms. The fraction of sp³-hybridized carbons (Fsp3) is 0.527. The predicted octanol–water partition coefficient (Wildman–Crippen LogP) is 26.0. The second-order valence-corrected chi connectivity index (χ2v) is 37.7. The summed E-state index contributed by atoms with van der Waals surface area (Å²) in [5.41, 5.74) is 24.7. The molecule has 2 aromatic rings. The zero-order valence-corrected chi connectivity index (χ0v) is 78.5. The number of nitrogens with one attached hydrogen (secondary N) is 4. The minimum atomic E-state index is -0.267. The van der Waals surface area contributed by atoms with Gasteiger partial charge in [-0.2, -0.15) is 0 Å². The molecule has 0 saturated carbocycles. The standard InChI is InChI=1S/C110H142N10O8/c1-11-15-17-19-21-23-25-27-29-31-33-35-37-39-41-43-53-127-103(123)51-49-83-71(7)95-63-91-73(9)89(99(117-91)65-93-69(5)81(13-3)97(115-93)59-79-57-85-101(121)61-87(105(83)119-95)107(85)113-79)67-111-109(125)77-47-45-76-56-78(48-46-75(76)55-77)110(126)112-68-90-74(10)92-64-96-72(8)84(50-52-104(124)128-54-44-42-40-38-36-34-32-30-28-26-24-22-20-18-16-12-2)106(120-96)88-62-102(122)86-58-80(114-108(86)88)60-98-82(14-4)70(6)94(116-98)66-100(90)118-92/h45-48,55-60,63-66,71-72,83-84,119-122H,11-44,49-54,61-62,67-68H2,1-10H3,(H,111,125)(H,112,126)/t71-,72-,83-,84-/m0/s1. The van der Waals surface area contributed by atoms with E-state index in [4.69, 9.17) is 39.4 Å². The molecule has 0 spiro atoms. The topological polar surface area (TPSA) is 249 Å². The van der Waals surface area contributed by atoms with Crippen molar-refractivity contribution < 1.29 is 38.9 Å². The summed E-state index contributed by atoms with van der Waals surface area (Å²) in [5, 5.41) is 39.0. The van der Waals surface area contributed by atoms with Crippen molar-refractivity contribution >= 4 is 68.8 Å². The van der Waals surface area contributed by atoms with E-state index in [1.807, 2.05) is 60.7 Å². The molecule has 680 valence electrons. The largest absolute Gasteiger partial charge is 0.511 e. The Labute approximate surface area is 762 Å². The number of ether oxygens (including phenoxy) is 2. The number of unbranched alkanes of at least 4 members (excludes halogenated alkanes) is 30. The molecule has 6 N–H and O–H groups in total. The first-order valence-electron chi connectivity index (χ1n) is 49.6. The monoisotopic (exact) mass is 1730 g/mol. The quantitative estimate of drug-likeness (QED) is 0.0270. The zero-order valence-electron chi connectivity index (χ0n) is 78.5. The molecule has 2 saturated heterocycles. The van der Waals surface area contributed by atoms with Crippen LogP contribution in [0.25, 0.3) is 10.8 Å². The highest BCUT2D eigenvalue weighted by atomic mass is 16.5. The molecule has 0 unspecified atom stereocenters. The van der Waals surface area contributed by atoms with Gasteiger partial charge in [-0.1, -0.05) is 246 Å². The van der Waals surface area contributed by atoms with Crippen LogP contribution in [0, 0.1) is 23.7 Å². The maximum atomic E-state index is 14.6. The molecule has 14 rings (SSSR count). The number of benzene rings is 2. The van der Waals surface area contributed by atoms with E-state index in [1.165, 1.54) is 167 Å². The number of allylic oxidation sites excluding steroid dienone is 22. The van der Waals surface area contributed by atoms with Gasteiger partial charge in [-0.15, -0.1) is 0 Å². The Morgan fingerprint density at radius 2 is 0.703 bits per heavy atom. The molecule has 0 aromatic heterocycles. The summed E-state index contributed by atoms with van der Waals surface area (Å²) in [6, 6.07) is 11.1. The molecular weight excluding hydrogens is 1590 g/mol. The summed E-state index contributed by atoms with van der Waals surface area (Å²) < 4.78 is 11.8. The van der Waals surface area contributed by atoms with Crippen LogP contribution in [0.4, 0.5) is 0 Å². The maximum absolute atomic E-state index is 14.6. The van der Waals surface area contributed by atoms with Crippen LogP contribution in [0.3, 0.4) is 0 Å². The van der Waals surface area contributed by atoms with Gasteiger partial charge in [0.1, 0.15) is 11.5 Å². The minimum Gasteiger partial charge on any atom is -0.511 e. The van der Waals surface area contributed by atoms with Crippen molar-refractivity contribution in [3.63, 3.8) is 0 Å². The highest BCUT2D eigenvalue weighted by Gasteiger charge is 2.43. The summed E-state index contributed by atoms with van der Waals surface area (Å²) >= 11 is 0. The Hall–Kier alpha value is -10.4. The summed E-state index contributed by atoms with van der Waals surface area (Å²) in [6.07, 6.45) is 61.1. The average molecular weight is 1730 g/mol. The third-order valence-electron chi connectivity index (χ3n) is 28.6. The van der Waals surface area contributed by atoms with Gasteiger partial charge in [0.2, 0.25) is 0 Å². The van der Waals surface area contributed by atoms with Gasteiger partial charge >= 0.3 is 11.9 Å². The Bertz CT molecular complexity index is 5040. The third-order valence-corrected chi connectivity index (χ3v) is 28.6. The van der Waals surface area contributed by atoms with E-state index >= 15 is 0 Å². The number of carbonyl (C=O) groups excluding carboxylic acids is 4. The minimum absolute atomic E-state index is 0.0622. The fourth-order valence-corrected chi connectivity index (χ4v) is 20.6. The van der Waals surface area contributed by atoms with Gasteiger partial charge in [-0.3, -0.25) is 19.2 Å². The Kier molecular flexibility index (Phi) is 33.2. The SMILES string of the molecule is CCCCCCCCCCCCCCCCCCOC(=O)CC[C@@H]1C2=C3CC(O)=C4C=C(C=C5N=C(C=C6N=C(C=C(N2)[C@H]1C)C(C)=C6CNC(=O)c1ccc2cc(C(=O)NCC6=C(C)C7=NC6=CC6=NC(=CC8=CC9=C(O)CC(=C%10NC(=C7)[C@@H](C)[C@@H]%10CCC(=O)OCCCCCCCCCCCCCCCCCC)C9=N8)C(CC)=C6C)ccc2c1)C(C)=C5CC)N=C43. The molecule has 128 heavy (non-hydrogen) atoms. The molecule has 2 aromatic carbocycles. The number of amides is 2. The van der Waals surface area contributed by atoms with Crippen LogP contribution in [-0.2, 0) is 19.1 Å². The van der Waals surface area contributed by atoms with Gasteiger partial charge in [0.05, 0.1) is 81.7 Å². The maximum Gasteiger partial charge on any atom is 0.305 e. The number of aliphatic hydroxyl groups excluding tert-OH is 2. The summed E-state index contributed by atoms with van der Waals surface area (Å²) in [7, 11) is 0. The van der Waals surface area contributed by atoms with Crippen molar-refractivity contribution in [3.05, 3.63) is 231 Å². The molecule has 4 atom stereocenters. The third kappa shape index (κ3) is 22.9. The lowest BCUT2D eigenvalue weighted by atomic mass is 9.86. The molecule has 12 aliphatic rings. The van der Waals surface area contributed by atoms with Crippen LogP contribution in [0.5, 0.6) is 0 Å². The number of hydrogen-bond acceptors (Lipinski definition) is 16. The van der Waals surface area contributed by atoms with Crippen LogP contribution in [-0.4, -0.2) is 94.5 Å². The molecular formula is C110H142N10O8. The number of rotatable bonds is 48. The van der Waals surface area contributed by atoms with Crippen molar-refractivity contribution in [2.75, 3.05) is 26.3 Å². The van der Waals surface area contributed by atoms with Crippen LogP contribution in [0.15, 0.2) is 250 Å². The van der Waals surface area contributed by atoms with E-state index in [0.29, 0.717) is 72.8 Å². The van der Waals surface area contributed by atoms with Gasteiger partial charge in [-0.05, 0) is 183 Å². The molecule has 18 heteroatoms. The van der Waals surface area contributed by atoms with E-state index in [1.54, 1.807) is 12.1 Å². The first kappa shape index (κ1) is 93.8. The highest BCUT2D eigenvalue weighted by molar-refractivity contribution is 6.22. The Balaban J connectivity index is 0.617. The van der Waals surface area contributed by atoms with Crippen molar-refractivity contribution in [1.82, 2.24) is 21.3 Å². The van der Waals surface area contributed by atoms with Crippen LogP contribution in [0.1, 0.15) is 347 Å². The number of aliphatic imine (C=N–C) groups is 6. The van der Waals surface area contributed by atoms with E-state index < -0.39 is 0 Å². The molecule has 0 radical (unpaired) electrons. The van der Waals surface area contributed by atoms with Crippen LogP contribution in [0.2, 0.25) is 0 Å². The van der Waals surface area contributed by atoms with Crippen LogP contribution >= 0.6 is 0 Å². The average Bonchev–Trinajstić information content (AvgIpc) is 1.59. The van der Waals surface area contributed by atoms with Crippen molar-refractivity contribution in [3.8, 4) is 0 Å². The molecule has 18 nitrogen and oxygen atoms in total. The van der Waals surface area contributed by atoms with E-state index in [2.05, 4.69) is 103 Å². The van der Waals surface area contributed by atoms with Gasteiger partial charge in [0.25, 0.3) is 11.8 Å². The zero-order chi connectivity index (χ0) is 89.7. The van der Waals surface area contributed by atoms with Gasteiger partial charge in [0.15, 0.2) is 0 Å². The number of nitrogens with zero attached hydrogens (tertiary/aromatic N) is 6. The Morgan fingerprint density at radius 1 is 0.391 bits per heavy atom. The van der Waals surface area contributed by atoms with Crippen molar-refractivity contribution in [1.29, 1.82) is 0 Å². The molecule has 2 fully saturated rings. The van der Waals surface area contributed by atoms with Crippen molar-refractivity contribution in [2.24, 2.45) is 53.6 Å². The number of fused-ring (bicyclic) bond motifs is 11. The van der Waals surface area contributed by atoms with E-state index in [0.717, 1.165) is 197 Å². The van der Waals surface area contributed by atoms with Gasteiger partial charge in [-0.25, -0.2) is 30.0 Å². The summed E-state index contributed by atoms with van der Waals surface area (Å²) in [5.74, 6) is -0.720. The number of esters is 2. The van der Waals surface area contributed by atoms with E-state index in [9.17, 15) is 29.4 Å². The lowest BCUT2D eigenvalue weighted by molar-refractivity contribution is -0.145. The number of aliphatic hydroxyl groups is 2. The first-order chi connectivity index (χ1) is 62.3. The summed E-state index contributed by atoms with van der Waals surface area (Å²) in [4.78, 5) is 88.0. The highest BCUT2D eigenvalue weighted by Crippen LogP contribution is 2.48. The Morgan fingerprint density at radius 3 is 1.04 bits per heavy atom. The number of hydrogen-bond donors (Lipinski definition) is 6. The van der Waals surface area contributed by atoms with Gasteiger partial charge in [0, 0.05) is 130 Å². The van der Waals surface area contributed by atoms with Gasteiger partial charge < -0.3 is 41.0 Å². The van der Waals surface area contributed by atoms with Crippen molar-refractivity contribution in [2.45, 2.75) is 326 Å². The lowest BCUT2D eigenvalue weighted by Gasteiger charge is -2.17. The first-order valence-corrected chi connectivity index (χ1v) is 49.6. The predicted molar refractivity (Wildman–Crippen MR) is 523 cm³/mol. The molecule has 2 amide bonds. The summed E-state index contributed by atoms with van der Waals surface area (Å²) in [6.45, 7) is 22.7. The molecule has 2 aliphatic carbocycles. The smallest absolute Gasteiger partial charge is 0.305 e. The molecule has 10 aliphatic heterocycles. The molecule has 10 heterocycles. The second-order valence-electron chi connectivity index (χ2n) is 37.7. The van der Waals surface area contributed by atoms with Crippen LogP contribution < -0.4 is 21.3 Å². The normalized spacial score (nSPS) is 20.2. The number of carbonyl (C=O) groups is 4. The van der Waals surface area contributed by atoms with E-state index in [-0.39, 0.29) is 84.9 Å².